The number of hydrogen-bond donors (Lipinski definition) is 4. The molecular weight excluding hydrogens is 657 g/mol. The van der Waals surface area contributed by atoms with Gasteiger partial charge >= 0.3 is 6.09 Å². The standard InChI is InChI=1S/C45H50N6O2/c1-45(2,3)53-44(52)47-26-25-40-48-28-39(50-40)35-23-24-36(32-15-9-5-10-16-32)37(27-35)41(34-17-11-6-12-18-34)42(46)43-49-29-38(51-43)33-21-19-31(20-22-33)30-13-7-4-8-14-30/h4-5,7-10,13-16,19-24,27-29,34,41-42H,6,11-12,17-18,25-26,46H2,1-3H3,(H,47,52)(H,48,50)(H,49,51)/t41?,42-/m1/s1. The second kappa shape index (κ2) is 16.0. The number of alkyl carbamates (subject to hydrolysis) is 1. The monoisotopic (exact) mass is 706 g/mol. The summed E-state index contributed by atoms with van der Waals surface area (Å²) in [6.45, 7) is 5.98. The van der Waals surface area contributed by atoms with Crippen LogP contribution < -0.4 is 11.1 Å². The molecule has 0 aliphatic heterocycles. The predicted octanol–water partition coefficient (Wildman–Crippen LogP) is 10.2. The van der Waals surface area contributed by atoms with Crippen LogP contribution in [0.5, 0.6) is 0 Å². The maximum atomic E-state index is 12.2. The lowest BCUT2D eigenvalue weighted by Gasteiger charge is -2.35. The van der Waals surface area contributed by atoms with Crippen molar-refractivity contribution in [1.82, 2.24) is 25.3 Å². The molecule has 1 unspecified atom stereocenters. The fourth-order valence-corrected chi connectivity index (χ4v) is 7.65. The van der Waals surface area contributed by atoms with E-state index in [1.165, 1.54) is 47.1 Å². The Hall–Kier alpha value is -5.47. The lowest BCUT2D eigenvalue weighted by molar-refractivity contribution is 0.0528. The van der Waals surface area contributed by atoms with Gasteiger partial charge in [-0.15, -0.1) is 0 Å². The van der Waals surface area contributed by atoms with Gasteiger partial charge in [-0.05, 0) is 84.5 Å². The summed E-state index contributed by atoms with van der Waals surface area (Å²) in [6, 6.07) is 36.0. The van der Waals surface area contributed by atoms with Gasteiger partial charge in [-0.3, -0.25) is 0 Å². The molecule has 8 nitrogen and oxygen atoms in total. The fraction of sp³-hybridized carbons (Fsp3) is 0.311. The smallest absolute Gasteiger partial charge is 0.407 e. The maximum Gasteiger partial charge on any atom is 0.407 e. The van der Waals surface area contributed by atoms with Gasteiger partial charge in [0, 0.05) is 18.9 Å². The number of rotatable bonds is 11. The van der Waals surface area contributed by atoms with E-state index in [-0.39, 0.29) is 12.0 Å². The SMILES string of the molecule is CC(C)(C)OC(=O)NCCc1ncc(-c2ccc(-c3ccccc3)c(C(C3CCCCC3)[C@@H](N)c3ncc(-c4ccc(-c5ccccc5)cc4)[nH]3)c2)[nH]1. The molecule has 53 heavy (non-hydrogen) atoms. The Kier molecular flexibility index (Phi) is 10.9. The fourth-order valence-electron chi connectivity index (χ4n) is 7.65. The van der Waals surface area contributed by atoms with Crippen LogP contribution in [-0.4, -0.2) is 38.2 Å². The third-order valence-corrected chi connectivity index (χ3v) is 10.2. The van der Waals surface area contributed by atoms with Crippen LogP contribution in [0.3, 0.4) is 0 Å². The highest BCUT2D eigenvalue weighted by Crippen LogP contribution is 2.46. The number of carbonyl (C=O) groups excluding carboxylic acids is 1. The molecule has 2 aromatic heterocycles. The average molecular weight is 707 g/mol. The predicted molar refractivity (Wildman–Crippen MR) is 213 cm³/mol. The molecule has 1 aliphatic rings. The van der Waals surface area contributed by atoms with Gasteiger partial charge in [-0.2, -0.15) is 0 Å². The number of imidazole rings is 2. The Labute approximate surface area is 312 Å². The molecule has 1 aliphatic carbocycles. The molecule has 1 saturated carbocycles. The number of nitrogens with two attached hydrogens (primary N) is 1. The van der Waals surface area contributed by atoms with Crippen LogP contribution in [0.2, 0.25) is 0 Å². The van der Waals surface area contributed by atoms with Crippen molar-refractivity contribution in [3.63, 3.8) is 0 Å². The molecule has 0 saturated heterocycles. The molecule has 1 fully saturated rings. The van der Waals surface area contributed by atoms with Gasteiger partial charge in [0.25, 0.3) is 0 Å². The van der Waals surface area contributed by atoms with Gasteiger partial charge in [0.15, 0.2) is 0 Å². The highest BCUT2D eigenvalue weighted by Gasteiger charge is 2.34. The van der Waals surface area contributed by atoms with Crippen LogP contribution in [0.4, 0.5) is 4.79 Å². The van der Waals surface area contributed by atoms with Gasteiger partial charge < -0.3 is 25.8 Å². The molecule has 7 rings (SSSR count). The van der Waals surface area contributed by atoms with Crippen LogP contribution in [0, 0.1) is 5.92 Å². The molecule has 272 valence electrons. The zero-order valence-corrected chi connectivity index (χ0v) is 30.9. The molecule has 1 amide bonds. The van der Waals surface area contributed by atoms with Gasteiger partial charge in [-0.25, -0.2) is 14.8 Å². The zero-order chi connectivity index (χ0) is 36.8. The number of benzene rings is 4. The number of carbonyl (C=O) groups is 1. The van der Waals surface area contributed by atoms with E-state index in [0.29, 0.717) is 18.9 Å². The highest BCUT2D eigenvalue weighted by atomic mass is 16.6. The quantitative estimate of drug-likeness (QED) is 0.107. The van der Waals surface area contributed by atoms with E-state index in [1.807, 2.05) is 39.2 Å². The van der Waals surface area contributed by atoms with Crippen molar-refractivity contribution in [2.24, 2.45) is 11.7 Å². The van der Waals surface area contributed by atoms with E-state index in [4.69, 9.17) is 15.5 Å². The number of aromatic amines is 2. The first-order valence-electron chi connectivity index (χ1n) is 18.9. The molecule has 6 aromatic rings. The van der Waals surface area contributed by atoms with E-state index in [1.54, 1.807) is 0 Å². The summed E-state index contributed by atoms with van der Waals surface area (Å²) in [4.78, 5) is 28.9. The van der Waals surface area contributed by atoms with Crippen molar-refractivity contribution in [3.05, 3.63) is 133 Å². The number of amides is 1. The molecule has 0 radical (unpaired) electrons. The lowest BCUT2D eigenvalue weighted by Crippen LogP contribution is -2.33. The summed E-state index contributed by atoms with van der Waals surface area (Å²) >= 11 is 0. The Morgan fingerprint density at radius 2 is 1.38 bits per heavy atom. The van der Waals surface area contributed by atoms with Crippen LogP contribution in [0.15, 0.2) is 116 Å². The number of H-pyrrole nitrogens is 2. The summed E-state index contributed by atoms with van der Waals surface area (Å²) in [5.41, 5.74) is 16.8. The third kappa shape index (κ3) is 8.78. The van der Waals surface area contributed by atoms with Crippen LogP contribution in [0.1, 0.15) is 82.0 Å². The summed E-state index contributed by atoms with van der Waals surface area (Å²) in [5.74, 6) is 2.04. The second-order valence-electron chi connectivity index (χ2n) is 15.2. The van der Waals surface area contributed by atoms with E-state index in [0.717, 1.165) is 47.0 Å². The number of ether oxygens (including phenoxy) is 1. The molecule has 8 heteroatoms. The topological polar surface area (TPSA) is 122 Å². The summed E-state index contributed by atoms with van der Waals surface area (Å²) in [7, 11) is 0. The van der Waals surface area contributed by atoms with Crippen molar-refractivity contribution >= 4 is 6.09 Å². The highest BCUT2D eigenvalue weighted by molar-refractivity contribution is 5.74. The largest absolute Gasteiger partial charge is 0.444 e. The molecule has 2 heterocycles. The van der Waals surface area contributed by atoms with Crippen molar-refractivity contribution in [2.75, 3.05) is 6.54 Å². The van der Waals surface area contributed by atoms with Crippen molar-refractivity contribution in [2.45, 2.75) is 76.9 Å². The van der Waals surface area contributed by atoms with E-state index < -0.39 is 11.7 Å². The van der Waals surface area contributed by atoms with E-state index in [2.05, 4.69) is 117 Å². The molecule has 4 aromatic carbocycles. The van der Waals surface area contributed by atoms with Gasteiger partial charge in [0.05, 0.1) is 29.8 Å². The minimum atomic E-state index is -0.544. The minimum Gasteiger partial charge on any atom is -0.444 e. The molecule has 5 N–H and O–H groups in total. The Morgan fingerprint density at radius 3 is 2.08 bits per heavy atom. The van der Waals surface area contributed by atoms with Crippen molar-refractivity contribution < 1.29 is 9.53 Å². The van der Waals surface area contributed by atoms with Crippen molar-refractivity contribution in [3.8, 4) is 44.8 Å². The zero-order valence-electron chi connectivity index (χ0n) is 30.9. The van der Waals surface area contributed by atoms with Crippen LogP contribution in [0.25, 0.3) is 44.8 Å². The molecule has 2 atom stereocenters. The van der Waals surface area contributed by atoms with Gasteiger partial charge in [-0.1, -0.05) is 116 Å². The van der Waals surface area contributed by atoms with Crippen LogP contribution in [-0.2, 0) is 11.2 Å². The normalized spacial score (nSPS) is 14.8. The van der Waals surface area contributed by atoms with E-state index in [9.17, 15) is 4.79 Å². The number of hydrogen-bond acceptors (Lipinski definition) is 5. The first-order chi connectivity index (χ1) is 25.7. The second-order valence-corrected chi connectivity index (χ2v) is 15.2. The molecule has 0 spiro atoms. The van der Waals surface area contributed by atoms with Gasteiger partial charge in [0.2, 0.25) is 0 Å². The van der Waals surface area contributed by atoms with Crippen LogP contribution >= 0.6 is 0 Å². The summed E-state index contributed by atoms with van der Waals surface area (Å²) in [6.07, 6.45) is 9.84. The van der Waals surface area contributed by atoms with E-state index >= 15 is 0 Å². The van der Waals surface area contributed by atoms with Crippen molar-refractivity contribution in [1.29, 1.82) is 0 Å². The third-order valence-electron chi connectivity index (χ3n) is 10.2. The first kappa shape index (κ1) is 35.9. The summed E-state index contributed by atoms with van der Waals surface area (Å²) < 4.78 is 5.38. The van der Waals surface area contributed by atoms with Gasteiger partial charge in [0.1, 0.15) is 17.2 Å². The minimum absolute atomic E-state index is 0.0327. The number of nitrogens with zero attached hydrogens (tertiary/aromatic N) is 2. The first-order valence-corrected chi connectivity index (χ1v) is 18.9. The molecular formula is C45H50N6O2. The Morgan fingerprint density at radius 1 is 0.774 bits per heavy atom. The Bertz CT molecular complexity index is 2090. The summed E-state index contributed by atoms with van der Waals surface area (Å²) in [5, 5.41) is 2.83. The molecule has 0 bridgehead atoms. The maximum absolute atomic E-state index is 12.2. The Balaban J connectivity index is 1.19. The number of aromatic nitrogens is 4. The lowest BCUT2D eigenvalue weighted by atomic mass is 9.71. The number of nitrogens with one attached hydrogen (secondary N) is 3. The average Bonchev–Trinajstić information content (AvgIpc) is 3.87.